The molecule has 0 saturated carbocycles. The average molecular weight is 284 g/mol. The summed E-state index contributed by atoms with van der Waals surface area (Å²) in [5.41, 5.74) is 0.670. The van der Waals surface area contributed by atoms with E-state index in [2.05, 4.69) is 19.9 Å². The van der Waals surface area contributed by atoms with Crippen LogP contribution in [0, 0.1) is 17.0 Å². The predicted molar refractivity (Wildman–Crippen MR) is 64.6 cm³/mol. The van der Waals surface area contributed by atoms with E-state index >= 15 is 0 Å². The number of nitro groups is 1. The monoisotopic (exact) mass is 283 g/mol. The molecule has 9 heteroatoms. The zero-order valence-electron chi connectivity index (χ0n) is 9.07. The van der Waals surface area contributed by atoms with E-state index in [1.807, 2.05) is 6.92 Å². The molecule has 0 radical (unpaired) electrons. The third-order valence-electron chi connectivity index (χ3n) is 1.85. The van der Waals surface area contributed by atoms with Gasteiger partial charge in [0.05, 0.1) is 4.92 Å². The van der Waals surface area contributed by atoms with Crippen LogP contribution in [0.25, 0.3) is 0 Å². The number of halogens is 1. The number of aryl methyl sites for hydroxylation is 1. The lowest BCUT2D eigenvalue weighted by Crippen LogP contribution is -1.97. The molecule has 0 N–H and O–H groups in total. The van der Waals surface area contributed by atoms with E-state index in [-0.39, 0.29) is 16.0 Å². The molecule has 18 heavy (non-hydrogen) atoms. The molecular formula is C9H6ClN5O2S. The molecule has 0 saturated heterocycles. The van der Waals surface area contributed by atoms with E-state index in [1.165, 1.54) is 0 Å². The van der Waals surface area contributed by atoms with Crippen molar-refractivity contribution in [2.24, 2.45) is 0 Å². The zero-order valence-corrected chi connectivity index (χ0v) is 10.6. The molecule has 0 fully saturated rings. The highest BCUT2D eigenvalue weighted by Gasteiger charge is 2.19. The highest BCUT2D eigenvalue weighted by Crippen LogP contribution is 2.30. The zero-order chi connectivity index (χ0) is 13.1. The van der Waals surface area contributed by atoms with E-state index in [9.17, 15) is 10.1 Å². The van der Waals surface area contributed by atoms with Gasteiger partial charge in [0.25, 0.3) is 0 Å². The molecule has 0 unspecified atom stereocenters. The van der Waals surface area contributed by atoms with Crippen LogP contribution in [-0.2, 0) is 0 Å². The summed E-state index contributed by atoms with van der Waals surface area (Å²) in [5.74, 6) is 0. The fourth-order valence-corrected chi connectivity index (χ4v) is 1.99. The number of nitrogens with zero attached hydrogens (tertiary/aromatic N) is 5. The van der Waals surface area contributed by atoms with Gasteiger partial charge in [-0.25, -0.2) is 19.9 Å². The molecule has 2 aromatic heterocycles. The maximum Gasteiger partial charge on any atom is 0.320 e. The minimum atomic E-state index is -0.577. The predicted octanol–water partition coefficient (Wildman–Crippen LogP) is 2.29. The van der Waals surface area contributed by atoms with Crippen LogP contribution in [0.3, 0.4) is 0 Å². The topological polar surface area (TPSA) is 94.7 Å². The Kier molecular flexibility index (Phi) is 3.68. The lowest BCUT2D eigenvalue weighted by atomic mass is 10.4. The molecule has 0 aliphatic carbocycles. The van der Waals surface area contributed by atoms with Gasteiger partial charge in [0.2, 0.25) is 5.28 Å². The van der Waals surface area contributed by atoms with Gasteiger partial charge in [-0.2, -0.15) is 0 Å². The van der Waals surface area contributed by atoms with Crippen LogP contribution in [0.15, 0.2) is 28.8 Å². The van der Waals surface area contributed by atoms with Crippen molar-refractivity contribution in [3.05, 3.63) is 39.6 Å². The lowest BCUT2D eigenvalue weighted by Gasteiger charge is -2.00. The summed E-state index contributed by atoms with van der Waals surface area (Å²) in [6, 6.07) is 0. The summed E-state index contributed by atoms with van der Waals surface area (Å²) in [6.45, 7) is 1.85. The van der Waals surface area contributed by atoms with Gasteiger partial charge < -0.3 is 0 Å². The summed E-state index contributed by atoms with van der Waals surface area (Å²) in [7, 11) is 0. The number of hydrogen-bond acceptors (Lipinski definition) is 7. The molecule has 0 amide bonds. The summed E-state index contributed by atoms with van der Waals surface area (Å²) in [4.78, 5) is 25.7. The second-order valence-electron chi connectivity index (χ2n) is 3.23. The molecule has 0 atom stereocenters. The highest BCUT2D eigenvalue weighted by molar-refractivity contribution is 7.99. The Hall–Kier alpha value is -1.80. The van der Waals surface area contributed by atoms with Gasteiger partial charge in [0.1, 0.15) is 6.20 Å². The molecule has 92 valence electrons. The number of rotatable bonds is 3. The van der Waals surface area contributed by atoms with Crippen molar-refractivity contribution in [2.75, 3.05) is 0 Å². The van der Waals surface area contributed by atoms with Gasteiger partial charge in [-0.1, -0.05) is 0 Å². The third-order valence-corrected chi connectivity index (χ3v) is 2.92. The molecular weight excluding hydrogens is 278 g/mol. The smallest absolute Gasteiger partial charge is 0.258 e. The maximum atomic E-state index is 10.8. The van der Waals surface area contributed by atoms with E-state index < -0.39 is 4.92 Å². The van der Waals surface area contributed by atoms with Gasteiger partial charge in [-0.15, -0.1) is 0 Å². The molecule has 2 heterocycles. The van der Waals surface area contributed by atoms with Crippen molar-refractivity contribution in [1.29, 1.82) is 0 Å². The number of aromatic nitrogens is 4. The first kappa shape index (κ1) is 12.7. The van der Waals surface area contributed by atoms with Crippen molar-refractivity contribution in [3.8, 4) is 0 Å². The standard InChI is InChI=1S/C9H6ClN5O2S/c1-5-2-12-9(13-3-5)18-7-6(15(16)17)4-11-8(10)14-7/h2-4H,1H3. The maximum absolute atomic E-state index is 10.8. The molecule has 0 aromatic carbocycles. The molecule has 0 aliphatic heterocycles. The van der Waals surface area contributed by atoms with Crippen molar-refractivity contribution in [1.82, 2.24) is 19.9 Å². The fraction of sp³-hybridized carbons (Fsp3) is 0.111. The summed E-state index contributed by atoms with van der Waals surface area (Å²) < 4.78 is 0. The largest absolute Gasteiger partial charge is 0.320 e. The van der Waals surface area contributed by atoms with Crippen LogP contribution in [0.5, 0.6) is 0 Å². The first-order chi connectivity index (χ1) is 8.56. The first-order valence-electron chi connectivity index (χ1n) is 4.69. The van der Waals surface area contributed by atoms with Gasteiger partial charge in [-0.05, 0) is 35.9 Å². The van der Waals surface area contributed by atoms with Crippen LogP contribution in [-0.4, -0.2) is 24.9 Å². The molecule has 0 aliphatic rings. The van der Waals surface area contributed by atoms with Crippen molar-refractivity contribution in [2.45, 2.75) is 17.1 Å². The number of hydrogen-bond donors (Lipinski definition) is 0. The normalized spacial score (nSPS) is 10.3. The highest BCUT2D eigenvalue weighted by atomic mass is 35.5. The molecule has 7 nitrogen and oxygen atoms in total. The van der Waals surface area contributed by atoms with Crippen LogP contribution >= 0.6 is 23.4 Å². The minimum Gasteiger partial charge on any atom is -0.258 e. The molecule has 2 aromatic rings. The summed E-state index contributed by atoms with van der Waals surface area (Å²) in [6.07, 6.45) is 4.29. The Bertz CT molecular complexity index is 592. The average Bonchev–Trinajstić information content (AvgIpc) is 2.32. The molecule has 0 bridgehead atoms. The van der Waals surface area contributed by atoms with E-state index in [0.29, 0.717) is 5.16 Å². The van der Waals surface area contributed by atoms with Crippen LogP contribution in [0.2, 0.25) is 5.28 Å². The second kappa shape index (κ2) is 5.23. The first-order valence-corrected chi connectivity index (χ1v) is 5.89. The quantitative estimate of drug-likeness (QED) is 0.369. The van der Waals surface area contributed by atoms with Gasteiger partial charge >= 0.3 is 5.69 Å². The van der Waals surface area contributed by atoms with E-state index in [1.54, 1.807) is 12.4 Å². The van der Waals surface area contributed by atoms with Crippen molar-refractivity contribution in [3.63, 3.8) is 0 Å². The van der Waals surface area contributed by atoms with Crippen molar-refractivity contribution >= 4 is 29.1 Å². The van der Waals surface area contributed by atoms with Crippen molar-refractivity contribution < 1.29 is 4.92 Å². The summed E-state index contributed by atoms with van der Waals surface area (Å²) in [5, 5.41) is 11.2. The van der Waals surface area contributed by atoms with Gasteiger partial charge in [-0.3, -0.25) is 10.1 Å². The van der Waals surface area contributed by atoms with Crippen LogP contribution in [0.4, 0.5) is 5.69 Å². The summed E-state index contributed by atoms with van der Waals surface area (Å²) >= 11 is 6.58. The lowest BCUT2D eigenvalue weighted by molar-refractivity contribution is -0.388. The SMILES string of the molecule is Cc1cnc(Sc2nc(Cl)ncc2[N+](=O)[O-])nc1. The van der Waals surface area contributed by atoms with Crippen LogP contribution < -0.4 is 0 Å². The van der Waals surface area contributed by atoms with Gasteiger partial charge in [0.15, 0.2) is 10.2 Å². The third kappa shape index (κ3) is 2.90. The van der Waals surface area contributed by atoms with E-state index in [0.717, 1.165) is 23.5 Å². The fourth-order valence-electron chi connectivity index (χ4n) is 1.06. The van der Waals surface area contributed by atoms with Gasteiger partial charge in [0, 0.05) is 12.4 Å². The Morgan fingerprint density at radius 1 is 1.28 bits per heavy atom. The van der Waals surface area contributed by atoms with Crippen LogP contribution in [0.1, 0.15) is 5.56 Å². The Labute approximate surface area is 111 Å². The minimum absolute atomic E-state index is 0.0600. The molecule has 0 spiro atoms. The Balaban J connectivity index is 2.35. The Morgan fingerprint density at radius 3 is 2.56 bits per heavy atom. The molecule has 2 rings (SSSR count). The van der Waals surface area contributed by atoms with E-state index in [4.69, 9.17) is 11.6 Å². The second-order valence-corrected chi connectivity index (χ2v) is 4.53. The Morgan fingerprint density at radius 2 is 1.94 bits per heavy atom.